The molecule has 0 spiro atoms. The molecule has 0 aromatic carbocycles. The summed E-state index contributed by atoms with van der Waals surface area (Å²) in [5.74, 6) is -2.21. The highest BCUT2D eigenvalue weighted by atomic mass is 19.4. The van der Waals surface area contributed by atoms with E-state index >= 15 is 0 Å². The number of nitrogens with one attached hydrogen (secondary N) is 1. The van der Waals surface area contributed by atoms with E-state index in [1.54, 1.807) is 0 Å². The van der Waals surface area contributed by atoms with Gasteiger partial charge in [-0.2, -0.15) is 0 Å². The maximum absolute atomic E-state index is 12.6. The molecule has 0 aliphatic carbocycles. The molecule has 0 amide bonds. The Morgan fingerprint density at radius 3 is 2.53 bits per heavy atom. The van der Waals surface area contributed by atoms with Gasteiger partial charge < -0.3 is 14.5 Å². The Balaban J connectivity index is 3.22. The normalized spacial score (nSPS) is 11.2. The van der Waals surface area contributed by atoms with Crippen LogP contribution in [0.2, 0.25) is 0 Å². The number of pyridine rings is 1. The van der Waals surface area contributed by atoms with E-state index in [9.17, 15) is 27.2 Å². The van der Waals surface area contributed by atoms with Crippen molar-refractivity contribution in [2.24, 2.45) is 0 Å². The van der Waals surface area contributed by atoms with Gasteiger partial charge in [0.25, 0.3) is 5.56 Å². The van der Waals surface area contributed by atoms with Crippen LogP contribution in [0.25, 0.3) is 0 Å². The molecule has 0 bridgehead atoms. The zero-order valence-corrected chi connectivity index (χ0v) is 9.64. The molecule has 106 valence electrons. The molecule has 19 heavy (non-hydrogen) atoms. The van der Waals surface area contributed by atoms with Crippen LogP contribution in [0.3, 0.4) is 0 Å². The monoisotopic (exact) mass is 283 g/mol. The number of alkyl halides is 4. The maximum atomic E-state index is 12.6. The summed E-state index contributed by atoms with van der Waals surface area (Å²) in [7, 11) is 0. The van der Waals surface area contributed by atoms with Crippen LogP contribution in [0, 0.1) is 0 Å². The van der Waals surface area contributed by atoms with Crippen LogP contribution in [0.5, 0.6) is 5.75 Å². The molecule has 1 aromatic rings. The highest BCUT2D eigenvalue weighted by molar-refractivity contribution is 5.87. The van der Waals surface area contributed by atoms with Crippen molar-refractivity contribution in [3.05, 3.63) is 27.7 Å². The fourth-order valence-corrected chi connectivity index (χ4v) is 1.25. The molecule has 0 radical (unpaired) electrons. The summed E-state index contributed by atoms with van der Waals surface area (Å²) in [5.41, 5.74) is -2.51. The third kappa shape index (κ3) is 3.97. The summed E-state index contributed by atoms with van der Waals surface area (Å²) in [6.45, 7) is 0.0849. The maximum Gasteiger partial charge on any atom is 0.573 e. The third-order valence-corrected chi connectivity index (χ3v) is 1.92. The van der Waals surface area contributed by atoms with Gasteiger partial charge in [-0.3, -0.25) is 4.79 Å². The van der Waals surface area contributed by atoms with Gasteiger partial charge in [0.15, 0.2) is 5.75 Å². The van der Waals surface area contributed by atoms with E-state index in [1.807, 2.05) is 4.98 Å². The number of aromatic amines is 1. The lowest BCUT2D eigenvalue weighted by molar-refractivity contribution is -0.275. The van der Waals surface area contributed by atoms with Gasteiger partial charge in [0.1, 0.15) is 12.4 Å². The molecule has 0 atom stereocenters. The molecule has 1 aromatic heterocycles. The van der Waals surface area contributed by atoms with Crippen molar-refractivity contribution in [2.45, 2.75) is 20.0 Å². The van der Waals surface area contributed by atoms with Gasteiger partial charge in [-0.05, 0) is 13.0 Å². The number of hydrogen-bond donors (Lipinski definition) is 1. The molecule has 1 rings (SSSR count). The van der Waals surface area contributed by atoms with Crippen LogP contribution < -0.4 is 10.3 Å². The van der Waals surface area contributed by atoms with Crippen molar-refractivity contribution in [3.63, 3.8) is 0 Å². The van der Waals surface area contributed by atoms with Crippen molar-refractivity contribution in [3.8, 4) is 5.75 Å². The Labute approximate surface area is 104 Å². The molecule has 0 saturated heterocycles. The quantitative estimate of drug-likeness (QED) is 0.677. The van der Waals surface area contributed by atoms with E-state index in [1.165, 1.54) is 6.92 Å². The van der Waals surface area contributed by atoms with Crippen LogP contribution in [-0.2, 0) is 11.4 Å². The molecule has 1 heterocycles. The van der Waals surface area contributed by atoms with Crippen molar-refractivity contribution in [1.29, 1.82) is 0 Å². The van der Waals surface area contributed by atoms with Crippen molar-refractivity contribution >= 4 is 5.97 Å². The standard InChI is InChI=1S/C10H9F4NO4/c1-2-18-9(17)6-3-5(4-11)7(8(16)15-6)19-10(12,13)14/h3H,2,4H2,1H3,(H,15,16). The summed E-state index contributed by atoms with van der Waals surface area (Å²) in [6.07, 6.45) is -5.14. The first kappa shape index (κ1) is 15.0. The minimum absolute atomic E-state index is 0.00732. The Bertz CT molecular complexity index is 523. The van der Waals surface area contributed by atoms with E-state index < -0.39 is 41.6 Å². The smallest absolute Gasteiger partial charge is 0.461 e. The second kappa shape index (κ2) is 5.72. The topological polar surface area (TPSA) is 68.4 Å². The van der Waals surface area contributed by atoms with Gasteiger partial charge in [0.2, 0.25) is 0 Å². The first-order valence-electron chi connectivity index (χ1n) is 5.03. The summed E-state index contributed by atoms with van der Waals surface area (Å²) >= 11 is 0. The minimum atomic E-state index is -5.14. The van der Waals surface area contributed by atoms with Gasteiger partial charge >= 0.3 is 12.3 Å². The number of halogens is 4. The average Bonchev–Trinajstić information content (AvgIpc) is 2.30. The first-order valence-corrected chi connectivity index (χ1v) is 5.03. The summed E-state index contributed by atoms with van der Waals surface area (Å²) in [5, 5.41) is 0. The van der Waals surface area contributed by atoms with Crippen LogP contribution in [-0.4, -0.2) is 23.9 Å². The summed E-state index contributed by atoms with van der Waals surface area (Å²) < 4.78 is 56.6. The molecule has 0 unspecified atom stereocenters. The van der Waals surface area contributed by atoms with E-state index in [0.29, 0.717) is 0 Å². The number of aromatic nitrogens is 1. The van der Waals surface area contributed by atoms with E-state index in [0.717, 1.165) is 6.07 Å². The van der Waals surface area contributed by atoms with Crippen molar-refractivity contribution < 1.29 is 31.8 Å². The zero-order chi connectivity index (χ0) is 14.6. The highest BCUT2D eigenvalue weighted by Gasteiger charge is 2.34. The summed E-state index contributed by atoms with van der Waals surface area (Å²) in [4.78, 5) is 24.5. The lowest BCUT2D eigenvalue weighted by Crippen LogP contribution is -2.25. The summed E-state index contributed by atoms with van der Waals surface area (Å²) in [6, 6.07) is 0.737. The largest absolute Gasteiger partial charge is 0.573 e. The Kier molecular flexibility index (Phi) is 4.52. The molecule has 1 N–H and O–H groups in total. The van der Waals surface area contributed by atoms with Crippen LogP contribution in [0.1, 0.15) is 23.0 Å². The first-order chi connectivity index (χ1) is 8.78. The van der Waals surface area contributed by atoms with Gasteiger partial charge in [-0.15, -0.1) is 13.2 Å². The van der Waals surface area contributed by atoms with Crippen LogP contribution in [0.15, 0.2) is 10.9 Å². The van der Waals surface area contributed by atoms with Crippen molar-refractivity contribution in [2.75, 3.05) is 6.61 Å². The molecular weight excluding hydrogens is 274 g/mol. The molecule has 5 nitrogen and oxygen atoms in total. The van der Waals surface area contributed by atoms with E-state index in [4.69, 9.17) is 0 Å². The fourth-order valence-electron chi connectivity index (χ4n) is 1.25. The third-order valence-electron chi connectivity index (χ3n) is 1.92. The van der Waals surface area contributed by atoms with Crippen LogP contribution in [0.4, 0.5) is 17.6 Å². The SMILES string of the molecule is CCOC(=O)c1cc(CF)c(OC(F)(F)F)c(=O)[nH]1. The number of rotatable bonds is 4. The number of hydrogen-bond acceptors (Lipinski definition) is 4. The number of H-pyrrole nitrogens is 1. The minimum Gasteiger partial charge on any atom is -0.461 e. The second-order valence-corrected chi connectivity index (χ2v) is 3.27. The number of esters is 1. The molecular formula is C10H9F4NO4. The number of ether oxygens (including phenoxy) is 2. The van der Waals surface area contributed by atoms with Gasteiger partial charge in [0.05, 0.1) is 6.61 Å². The Hall–Kier alpha value is -2.06. The lowest BCUT2D eigenvalue weighted by atomic mass is 10.2. The van der Waals surface area contributed by atoms with E-state index in [2.05, 4.69) is 9.47 Å². The predicted molar refractivity (Wildman–Crippen MR) is 54.5 cm³/mol. The zero-order valence-electron chi connectivity index (χ0n) is 9.64. The second-order valence-electron chi connectivity index (χ2n) is 3.27. The molecule has 0 saturated carbocycles. The van der Waals surface area contributed by atoms with Gasteiger partial charge in [0, 0.05) is 5.56 Å². The number of carbonyl (C=O) groups excluding carboxylic acids is 1. The number of carbonyl (C=O) groups is 1. The predicted octanol–water partition coefficient (Wildman–Crippen LogP) is 1.92. The average molecular weight is 283 g/mol. The lowest BCUT2D eigenvalue weighted by Gasteiger charge is -2.11. The van der Waals surface area contributed by atoms with Crippen molar-refractivity contribution in [1.82, 2.24) is 4.98 Å². The fraction of sp³-hybridized carbons (Fsp3) is 0.400. The molecule has 0 aliphatic heterocycles. The van der Waals surface area contributed by atoms with Gasteiger partial charge in [-0.1, -0.05) is 0 Å². The van der Waals surface area contributed by atoms with Crippen LogP contribution >= 0.6 is 0 Å². The molecule has 0 fully saturated rings. The highest BCUT2D eigenvalue weighted by Crippen LogP contribution is 2.24. The molecule has 9 heteroatoms. The van der Waals surface area contributed by atoms with Gasteiger partial charge in [-0.25, -0.2) is 9.18 Å². The Morgan fingerprint density at radius 2 is 2.05 bits per heavy atom. The Morgan fingerprint density at radius 1 is 1.42 bits per heavy atom. The molecule has 0 aliphatic rings. The van der Waals surface area contributed by atoms with E-state index in [-0.39, 0.29) is 6.61 Å².